The maximum atomic E-state index is 13.1. The number of H-pyrrole nitrogens is 1. The zero-order valence-electron chi connectivity index (χ0n) is 17.7. The Kier molecular flexibility index (Phi) is 5.53. The number of hydrogen-bond acceptors (Lipinski definition) is 5. The van der Waals surface area contributed by atoms with E-state index in [4.69, 9.17) is 0 Å². The van der Waals surface area contributed by atoms with Crippen molar-refractivity contribution in [2.75, 3.05) is 10.0 Å². The van der Waals surface area contributed by atoms with E-state index in [9.17, 15) is 13.2 Å². The summed E-state index contributed by atoms with van der Waals surface area (Å²) in [5, 5.41) is 13.7. The number of benzene rings is 2. The Morgan fingerprint density at radius 3 is 2.65 bits per heavy atom. The van der Waals surface area contributed by atoms with Gasteiger partial charge in [0.2, 0.25) is 5.91 Å². The van der Waals surface area contributed by atoms with Crippen LogP contribution in [0.5, 0.6) is 0 Å². The van der Waals surface area contributed by atoms with Gasteiger partial charge in [0.15, 0.2) is 0 Å². The van der Waals surface area contributed by atoms with Gasteiger partial charge in [-0.3, -0.25) is 9.52 Å². The molecular formula is C22H25N5O3S. The Bertz CT molecular complexity index is 1250. The lowest BCUT2D eigenvalue weighted by Crippen LogP contribution is -2.25. The van der Waals surface area contributed by atoms with Crippen LogP contribution in [0.2, 0.25) is 0 Å². The summed E-state index contributed by atoms with van der Waals surface area (Å²) in [6, 6.07) is 10.4. The van der Waals surface area contributed by atoms with Crippen LogP contribution in [0.3, 0.4) is 0 Å². The molecule has 1 unspecified atom stereocenters. The third-order valence-corrected chi connectivity index (χ3v) is 7.08. The van der Waals surface area contributed by atoms with Crippen LogP contribution >= 0.6 is 0 Å². The van der Waals surface area contributed by atoms with Gasteiger partial charge in [-0.25, -0.2) is 8.42 Å². The summed E-state index contributed by atoms with van der Waals surface area (Å²) >= 11 is 0. The Morgan fingerprint density at radius 2 is 1.87 bits per heavy atom. The molecule has 0 fully saturated rings. The molecule has 4 rings (SSSR count). The van der Waals surface area contributed by atoms with Crippen molar-refractivity contribution in [3.8, 4) is 0 Å². The molecule has 0 aliphatic heterocycles. The molecule has 1 aliphatic carbocycles. The van der Waals surface area contributed by atoms with Gasteiger partial charge in [0.1, 0.15) is 0 Å². The van der Waals surface area contributed by atoms with E-state index in [-0.39, 0.29) is 10.8 Å². The smallest absolute Gasteiger partial charge is 0.262 e. The summed E-state index contributed by atoms with van der Waals surface area (Å²) in [4.78, 5) is 13.0. The fourth-order valence-corrected chi connectivity index (χ4v) is 5.32. The van der Waals surface area contributed by atoms with E-state index in [0.29, 0.717) is 29.1 Å². The summed E-state index contributed by atoms with van der Waals surface area (Å²) in [5.74, 6) is -0.624. The number of amides is 1. The van der Waals surface area contributed by atoms with Crippen molar-refractivity contribution < 1.29 is 13.2 Å². The van der Waals surface area contributed by atoms with E-state index < -0.39 is 15.9 Å². The summed E-state index contributed by atoms with van der Waals surface area (Å²) in [6.45, 7) is 5.54. The predicted molar refractivity (Wildman–Crippen MR) is 119 cm³/mol. The normalized spacial score (nSPS) is 15.9. The topological polar surface area (TPSA) is 117 Å². The van der Waals surface area contributed by atoms with Gasteiger partial charge >= 0.3 is 0 Å². The lowest BCUT2D eigenvalue weighted by molar-refractivity contribution is -0.118. The Morgan fingerprint density at radius 1 is 1.06 bits per heavy atom. The van der Waals surface area contributed by atoms with Gasteiger partial charge in [0.25, 0.3) is 10.0 Å². The predicted octanol–water partition coefficient (Wildman–Crippen LogP) is 3.59. The van der Waals surface area contributed by atoms with Crippen LogP contribution < -0.4 is 10.0 Å². The van der Waals surface area contributed by atoms with Gasteiger partial charge in [-0.15, -0.1) is 0 Å². The van der Waals surface area contributed by atoms with E-state index in [0.717, 1.165) is 29.7 Å². The number of rotatable bonds is 5. The number of aryl methyl sites for hydroxylation is 4. The van der Waals surface area contributed by atoms with Crippen molar-refractivity contribution in [3.63, 3.8) is 0 Å². The molecule has 3 aromatic rings. The largest absolute Gasteiger partial charge is 0.325 e. The monoisotopic (exact) mass is 439 g/mol. The molecule has 1 amide bonds. The Labute approximate surface area is 181 Å². The third kappa shape index (κ3) is 4.32. The van der Waals surface area contributed by atoms with Gasteiger partial charge in [-0.1, -0.05) is 23.8 Å². The molecule has 0 bridgehead atoms. The van der Waals surface area contributed by atoms with E-state index in [1.54, 1.807) is 25.1 Å². The molecule has 0 spiro atoms. The molecule has 0 radical (unpaired) electrons. The molecule has 1 atom stereocenters. The number of hydrogen-bond donors (Lipinski definition) is 3. The molecule has 9 heteroatoms. The minimum atomic E-state index is -3.83. The fraction of sp³-hybridized carbons (Fsp3) is 0.318. The zero-order valence-corrected chi connectivity index (χ0v) is 18.5. The second kappa shape index (κ2) is 8.14. The van der Waals surface area contributed by atoms with Crippen molar-refractivity contribution in [2.24, 2.45) is 0 Å². The standard InChI is InChI=1S/C22H25N5O3S/c1-13-7-10-18(15(3)11-13)26-31(29,30)20-12-16(9-8-14(20)2)23-22(28)17-5-4-6-19-21(17)25-27-24-19/h7-12,17,26H,4-6H2,1-3H3,(H,23,28)(H,24,25,27). The van der Waals surface area contributed by atoms with Crippen LogP contribution in [0.1, 0.15) is 46.8 Å². The lowest BCUT2D eigenvalue weighted by Gasteiger charge is -2.20. The first-order chi connectivity index (χ1) is 14.7. The van der Waals surface area contributed by atoms with Gasteiger partial charge in [0.05, 0.1) is 27.9 Å². The van der Waals surface area contributed by atoms with Crippen LogP contribution in [-0.4, -0.2) is 29.7 Å². The number of fused-ring (bicyclic) bond motifs is 1. The number of nitrogens with zero attached hydrogens (tertiary/aromatic N) is 2. The van der Waals surface area contributed by atoms with E-state index in [1.165, 1.54) is 6.07 Å². The molecule has 0 saturated carbocycles. The highest BCUT2D eigenvalue weighted by Crippen LogP contribution is 2.30. The number of anilines is 2. The minimum Gasteiger partial charge on any atom is -0.325 e. The van der Waals surface area contributed by atoms with E-state index in [2.05, 4.69) is 25.4 Å². The summed E-state index contributed by atoms with van der Waals surface area (Å²) in [6.07, 6.45) is 2.33. The number of carbonyl (C=O) groups is 1. The average molecular weight is 440 g/mol. The first-order valence-electron chi connectivity index (χ1n) is 10.2. The van der Waals surface area contributed by atoms with Crippen molar-refractivity contribution >= 4 is 27.3 Å². The number of carbonyl (C=O) groups excluding carboxylic acids is 1. The number of nitrogens with one attached hydrogen (secondary N) is 3. The molecule has 2 aromatic carbocycles. The lowest BCUT2D eigenvalue weighted by atomic mass is 9.89. The Hall–Kier alpha value is -3.20. The van der Waals surface area contributed by atoms with Crippen LogP contribution in [0.25, 0.3) is 0 Å². The second-order valence-electron chi connectivity index (χ2n) is 7.99. The minimum absolute atomic E-state index is 0.121. The number of aromatic nitrogens is 3. The van der Waals surface area contributed by atoms with Gasteiger partial charge < -0.3 is 5.32 Å². The number of aromatic amines is 1. The van der Waals surface area contributed by atoms with Crippen molar-refractivity contribution in [1.82, 2.24) is 15.4 Å². The van der Waals surface area contributed by atoms with Crippen LogP contribution in [0, 0.1) is 20.8 Å². The first kappa shape index (κ1) is 21.0. The molecule has 162 valence electrons. The quantitative estimate of drug-likeness (QED) is 0.562. The first-order valence-corrected chi connectivity index (χ1v) is 11.6. The molecule has 1 aromatic heterocycles. The van der Waals surface area contributed by atoms with E-state index >= 15 is 0 Å². The maximum absolute atomic E-state index is 13.1. The molecule has 1 heterocycles. The SMILES string of the molecule is Cc1ccc(NS(=O)(=O)c2cc(NC(=O)C3CCCc4n[nH]nc43)ccc2C)c(C)c1. The van der Waals surface area contributed by atoms with Crippen LogP contribution in [0.15, 0.2) is 41.3 Å². The van der Waals surface area contributed by atoms with Gasteiger partial charge in [-0.2, -0.15) is 15.4 Å². The molecule has 0 saturated heterocycles. The third-order valence-electron chi connectivity index (χ3n) is 5.58. The number of sulfonamides is 1. The van der Waals surface area contributed by atoms with Crippen molar-refractivity contribution in [3.05, 3.63) is 64.5 Å². The Balaban J connectivity index is 1.58. The van der Waals surface area contributed by atoms with Crippen LogP contribution in [-0.2, 0) is 21.2 Å². The zero-order chi connectivity index (χ0) is 22.2. The molecule has 3 N–H and O–H groups in total. The molecule has 1 aliphatic rings. The molecular weight excluding hydrogens is 414 g/mol. The maximum Gasteiger partial charge on any atom is 0.262 e. The second-order valence-corrected chi connectivity index (χ2v) is 9.64. The van der Waals surface area contributed by atoms with Gasteiger partial charge in [0, 0.05) is 5.69 Å². The fourth-order valence-electron chi connectivity index (χ4n) is 3.91. The van der Waals surface area contributed by atoms with Crippen LogP contribution in [0.4, 0.5) is 11.4 Å². The highest BCUT2D eigenvalue weighted by Gasteiger charge is 2.30. The summed E-state index contributed by atoms with van der Waals surface area (Å²) in [7, 11) is -3.83. The highest BCUT2D eigenvalue weighted by molar-refractivity contribution is 7.92. The summed E-state index contributed by atoms with van der Waals surface area (Å²) in [5.41, 5.74) is 4.92. The van der Waals surface area contributed by atoms with E-state index in [1.807, 2.05) is 26.0 Å². The van der Waals surface area contributed by atoms with Crippen molar-refractivity contribution in [1.29, 1.82) is 0 Å². The molecule has 31 heavy (non-hydrogen) atoms. The highest BCUT2D eigenvalue weighted by atomic mass is 32.2. The van der Waals surface area contributed by atoms with Crippen molar-refractivity contribution in [2.45, 2.75) is 50.8 Å². The average Bonchev–Trinajstić information content (AvgIpc) is 3.20. The molecule has 8 nitrogen and oxygen atoms in total. The summed E-state index contributed by atoms with van der Waals surface area (Å²) < 4.78 is 28.8. The van der Waals surface area contributed by atoms with Gasteiger partial charge in [-0.05, 0) is 69.4 Å².